The Bertz CT molecular complexity index is 919. The monoisotopic (exact) mass is 359 g/mol. The molecule has 0 radical (unpaired) electrons. The fraction of sp³-hybridized carbons (Fsp3) is 0.273. The molecular weight excluding hydrogens is 334 g/mol. The Labute approximate surface area is 160 Å². The molecule has 0 N–H and O–H groups in total. The molecular formula is C22H25N5. The summed E-state index contributed by atoms with van der Waals surface area (Å²) in [5.41, 5.74) is 6.03. The second kappa shape index (κ2) is 7.37. The molecule has 0 atom stereocenters. The van der Waals surface area contributed by atoms with Gasteiger partial charge in [0, 0.05) is 37.4 Å². The molecule has 1 saturated heterocycles. The van der Waals surface area contributed by atoms with Gasteiger partial charge >= 0.3 is 0 Å². The first kappa shape index (κ1) is 17.5. The number of hydrogen-bond acceptors (Lipinski definition) is 4. The Hall–Kier alpha value is -2.92. The average Bonchev–Trinajstić information content (AvgIpc) is 3.15. The summed E-state index contributed by atoms with van der Waals surface area (Å²) in [6.07, 6.45) is 1.87. The lowest BCUT2D eigenvalue weighted by Gasteiger charge is -2.34. The van der Waals surface area contributed by atoms with Crippen LogP contribution in [0.5, 0.6) is 0 Å². The molecule has 138 valence electrons. The minimum Gasteiger partial charge on any atom is -0.368 e. The van der Waals surface area contributed by atoms with E-state index >= 15 is 0 Å². The van der Waals surface area contributed by atoms with Crippen molar-refractivity contribution in [2.45, 2.75) is 6.92 Å². The topological polar surface area (TPSA) is 37.2 Å². The summed E-state index contributed by atoms with van der Waals surface area (Å²) < 4.78 is 1.97. The van der Waals surface area contributed by atoms with E-state index in [2.05, 4.69) is 64.8 Å². The molecule has 1 fully saturated rings. The number of likely N-dealkylation sites (N-methyl/N-ethyl adjacent to an activating group) is 1. The van der Waals surface area contributed by atoms with E-state index in [1.165, 1.54) is 0 Å². The number of hydrogen-bond donors (Lipinski definition) is 0. The summed E-state index contributed by atoms with van der Waals surface area (Å²) in [6.45, 7) is 10.4. The summed E-state index contributed by atoms with van der Waals surface area (Å²) in [4.78, 5) is 9.11. The summed E-state index contributed by atoms with van der Waals surface area (Å²) in [5, 5.41) is 4.90. The van der Waals surface area contributed by atoms with E-state index in [4.69, 9.17) is 5.10 Å². The van der Waals surface area contributed by atoms with Crippen LogP contribution in [-0.4, -0.2) is 57.8 Å². The zero-order valence-electron chi connectivity index (χ0n) is 16.0. The lowest BCUT2D eigenvalue weighted by atomic mass is 10.1. The smallest absolute Gasteiger partial charge is 0.109 e. The quantitative estimate of drug-likeness (QED) is 0.715. The Morgan fingerprint density at radius 3 is 2.41 bits per heavy atom. The third kappa shape index (κ3) is 3.64. The van der Waals surface area contributed by atoms with Gasteiger partial charge in [-0.05, 0) is 32.2 Å². The predicted molar refractivity (Wildman–Crippen MR) is 110 cm³/mol. The van der Waals surface area contributed by atoms with Gasteiger partial charge in [0.15, 0.2) is 0 Å². The van der Waals surface area contributed by atoms with Crippen molar-refractivity contribution in [2.75, 3.05) is 33.2 Å². The van der Waals surface area contributed by atoms with Gasteiger partial charge in [0.2, 0.25) is 0 Å². The number of rotatable bonds is 4. The molecule has 4 rings (SSSR count). The molecule has 0 aliphatic carbocycles. The molecule has 0 amide bonds. The molecule has 3 heterocycles. The molecule has 2 aromatic heterocycles. The van der Waals surface area contributed by atoms with Crippen LogP contribution in [0.3, 0.4) is 0 Å². The van der Waals surface area contributed by atoms with Crippen molar-refractivity contribution in [3.05, 3.63) is 72.7 Å². The van der Waals surface area contributed by atoms with Crippen molar-refractivity contribution in [3.8, 4) is 16.9 Å². The van der Waals surface area contributed by atoms with Crippen molar-refractivity contribution in [1.29, 1.82) is 0 Å². The maximum absolute atomic E-state index is 4.90. The van der Waals surface area contributed by atoms with Crippen LogP contribution >= 0.6 is 0 Å². The van der Waals surface area contributed by atoms with Crippen molar-refractivity contribution in [2.24, 2.45) is 0 Å². The lowest BCUT2D eigenvalue weighted by molar-refractivity contribution is 0.207. The Kier molecular flexibility index (Phi) is 4.77. The summed E-state index contributed by atoms with van der Waals surface area (Å²) in [5.74, 6) is 0. The molecule has 1 aliphatic rings. The van der Waals surface area contributed by atoms with Crippen LogP contribution < -0.4 is 0 Å². The molecule has 5 nitrogen and oxygen atoms in total. The van der Waals surface area contributed by atoms with Crippen LogP contribution in [0.1, 0.15) is 11.4 Å². The van der Waals surface area contributed by atoms with E-state index in [0.29, 0.717) is 0 Å². The average molecular weight is 359 g/mol. The van der Waals surface area contributed by atoms with Crippen LogP contribution in [0, 0.1) is 6.92 Å². The van der Waals surface area contributed by atoms with Crippen LogP contribution in [-0.2, 0) is 0 Å². The highest BCUT2D eigenvalue weighted by Crippen LogP contribution is 2.27. The summed E-state index contributed by atoms with van der Waals surface area (Å²) in [6, 6.07) is 16.6. The summed E-state index contributed by atoms with van der Waals surface area (Å²) in [7, 11) is 2.16. The number of aryl methyl sites for hydroxylation is 1. The zero-order valence-corrected chi connectivity index (χ0v) is 16.0. The van der Waals surface area contributed by atoms with Gasteiger partial charge < -0.3 is 9.80 Å². The van der Waals surface area contributed by atoms with E-state index < -0.39 is 0 Å². The first-order chi connectivity index (χ1) is 13.1. The van der Waals surface area contributed by atoms with E-state index in [1.807, 2.05) is 29.9 Å². The first-order valence-electron chi connectivity index (χ1n) is 9.33. The van der Waals surface area contributed by atoms with E-state index in [0.717, 1.165) is 60.2 Å². The normalized spacial score (nSPS) is 15.1. The SMILES string of the molecule is C=C(c1cc(-c2ccccc2)n(-c2ccc(C)nc2)n1)N1CCN(C)CC1. The van der Waals surface area contributed by atoms with Crippen LogP contribution in [0.15, 0.2) is 61.3 Å². The zero-order chi connectivity index (χ0) is 18.8. The van der Waals surface area contributed by atoms with Gasteiger partial charge in [-0.25, -0.2) is 4.68 Å². The van der Waals surface area contributed by atoms with Crippen molar-refractivity contribution < 1.29 is 0 Å². The molecule has 0 unspecified atom stereocenters. The third-order valence-electron chi connectivity index (χ3n) is 5.10. The van der Waals surface area contributed by atoms with Gasteiger partial charge in [-0.15, -0.1) is 0 Å². The van der Waals surface area contributed by atoms with Crippen LogP contribution in [0.4, 0.5) is 0 Å². The number of piperazine rings is 1. The highest BCUT2D eigenvalue weighted by Gasteiger charge is 2.20. The Balaban J connectivity index is 1.73. The Morgan fingerprint density at radius 1 is 1.00 bits per heavy atom. The van der Waals surface area contributed by atoms with Crippen molar-refractivity contribution >= 4 is 5.70 Å². The number of nitrogens with zero attached hydrogens (tertiary/aromatic N) is 5. The van der Waals surface area contributed by atoms with Crippen LogP contribution in [0.25, 0.3) is 22.6 Å². The maximum atomic E-state index is 4.90. The molecule has 1 aromatic carbocycles. The largest absolute Gasteiger partial charge is 0.368 e. The van der Waals surface area contributed by atoms with Gasteiger partial charge in [-0.2, -0.15) is 5.10 Å². The highest BCUT2D eigenvalue weighted by atomic mass is 15.3. The molecule has 0 saturated carbocycles. The minimum absolute atomic E-state index is 0.916. The molecule has 27 heavy (non-hydrogen) atoms. The van der Waals surface area contributed by atoms with E-state index in [-0.39, 0.29) is 0 Å². The van der Waals surface area contributed by atoms with Crippen molar-refractivity contribution in [3.63, 3.8) is 0 Å². The van der Waals surface area contributed by atoms with E-state index in [9.17, 15) is 0 Å². The third-order valence-corrected chi connectivity index (χ3v) is 5.10. The van der Waals surface area contributed by atoms with Gasteiger partial charge in [0.1, 0.15) is 5.69 Å². The van der Waals surface area contributed by atoms with Crippen LogP contribution in [0.2, 0.25) is 0 Å². The second-order valence-corrected chi connectivity index (χ2v) is 7.09. The summed E-state index contributed by atoms with van der Waals surface area (Å²) >= 11 is 0. The second-order valence-electron chi connectivity index (χ2n) is 7.09. The number of pyridine rings is 1. The Morgan fingerprint density at radius 2 is 1.74 bits per heavy atom. The molecule has 3 aromatic rings. The van der Waals surface area contributed by atoms with Gasteiger partial charge in [-0.1, -0.05) is 36.9 Å². The fourth-order valence-electron chi connectivity index (χ4n) is 3.36. The molecule has 0 bridgehead atoms. The molecule has 1 aliphatic heterocycles. The van der Waals surface area contributed by atoms with E-state index in [1.54, 1.807) is 0 Å². The van der Waals surface area contributed by atoms with Gasteiger partial charge in [0.25, 0.3) is 0 Å². The standard InChI is InChI=1S/C22H25N5/c1-17-9-10-20(16-23-17)27-22(19-7-5-4-6-8-19)15-21(24-27)18(2)26-13-11-25(3)12-14-26/h4-10,15-16H,2,11-14H2,1,3H3. The number of benzene rings is 1. The lowest BCUT2D eigenvalue weighted by Crippen LogP contribution is -2.43. The first-order valence-corrected chi connectivity index (χ1v) is 9.33. The predicted octanol–water partition coefficient (Wildman–Crippen LogP) is 3.46. The molecule has 0 spiro atoms. The fourth-order valence-corrected chi connectivity index (χ4v) is 3.36. The maximum Gasteiger partial charge on any atom is 0.109 e. The minimum atomic E-state index is 0.916. The van der Waals surface area contributed by atoms with Gasteiger partial charge in [-0.3, -0.25) is 4.98 Å². The highest BCUT2D eigenvalue weighted by molar-refractivity contribution is 5.69. The number of aromatic nitrogens is 3. The van der Waals surface area contributed by atoms with Crippen molar-refractivity contribution in [1.82, 2.24) is 24.6 Å². The molecule has 5 heteroatoms. The van der Waals surface area contributed by atoms with Gasteiger partial charge in [0.05, 0.1) is 23.3 Å².